The van der Waals surface area contributed by atoms with Crippen LogP contribution in [0.15, 0.2) is 46.6 Å². The van der Waals surface area contributed by atoms with Gasteiger partial charge in [0.25, 0.3) is 0 Å². The van der Waals surface area contributed by atoms with Gasteiger partial charge in [-0.1, -0.05) is 18.2 Å². The number of hydrogen-bond donors (Lipinski definition) is 1. The lowest BCUT2D eigenvalue weighted by atomic mass is 9.99. The maximum atomic E-state index is 10.5. The third-order valence-electron chi connectivity index (χ3n) is 3.86. The first-order chi connectivity index (χ1) is 11.1. The van der Waals surface area contributed by atoms with Crippen molar-refractivity contribution in [3.8, 4) is 0 Å². The minimum atomic E-state index is -0.816. The number of ether oxygens (including phenoxy) is 1. The van der Waals surface area contributed by atoms with Gasteiger partial charge in [0.05, 0.1) is 0 Å². The minimum absolute atomic E-state index is 0.0904. The maximum Gasteiger partial charge on any atom is 0.303 e. The molecule has 23 heavy (non-hydrogen) atoms. The highest BCUT2D eigenvalue weighted by molar-refractivity contribution is 5.67. The molecule has 1 aromatic heterocycles. The molecule has 1 aliphatic carbocycles. The Kier molecular flexibility index (Phi) is 6.27. The largest absolute Gasteiger partial charge is 0.486 e. The molecule has 1 N–H and O–H groups in total. The molecule has 1 aliphatic rings. The van der Waals surface area contributed by atoms with E-state index in [-0.39, 0.29) is 6.42 Å². The van der Waals surface area contributed by atoms with E-state index >= 15 is 0 Å². The van der Waals surface area contributed by atoms with Crippen molar-refractivity contribution in [2.24, 2.45) is 0 Å². The molecule has 0 fully saturated rings. The van der Waals surface area contributed by atoms with Crippen LogP contribution in [-0.2, 0) is 29.0 Å². The van der Waals surface area contributed by atoms with Crippen molar-refractivity contribution in [2.75, 3.05) is 0 Å². The summed E-state index contributed by atoms with van der Waals surface area (Å²) in [5.74, 6) is 1.86. The SMILES string of the molecule is C=C(/C=C\C(=C/C)OCc1cc2c(o1)CCCC2)CCC(=O)O. The predicted octanol–water partition coefficient (Wildman–Crippen LogP) is 4.56. The van der Waals surface area contributed by atoms with Crippen molar-refractivity contribution in [2.45, 2.75) is 52.1 Å². The second kappa shape index (κ2) is 8.42. The van der Waals surface area contributed by atoms with Gasteiger partial charge in [0.2, 0.25) is 0 Å². The highest BCUT2D eigenvalue weighted by atomic mass is 16.5. The number of carboxylic acids is 1. The molecule has 1 heterocycles. The Labute approximate surface area is 137 Å². The van der Waals surface area contributed by atoms with Crippen LogP contribution < -0.4 is 0 Å². The van der Waals surface area contributed by atoms with Crippen LogP contribution in [0.1, 0.15) is 49.7 Å². The van der Waals surface area contributed by atoms with Crippen LogP contribution in [0.25, 0.3) is 0 Å². The van der Waals surface area contributed by atoms with Gasteiger partial charge >= 0.3 is 5.97 Å². The highest BCUT2D eigenvalue weighted by Gasteiger charge is 2.15. The lowest BCUT2D eigenvalue weighted by Crippen LogP contribution is -1.97. The van der Waals surface area contributed by atoms with Crippen LogP contribution in [0.4, 0.5) is 0 Å². The summed E-state index contributed by atoms with van der Waals surface area (Å²) in [6, 6.07) is 2.09. The molecule has 0 bridgehead atoms. The molecule has 0 radical (unpaired) electrons. The van der Waals surface area contributed by atoms with Crippen molar-refractivity contribution in [1.82, 2.24) is 0 Å². The summed E-state index contributed by atoms with van der Waals surface area (Å²) in [6.07, 6.45) is 10.5. The molecule has 0 atom stereocenters. The first kappa shape index (κ1) is 17.1. The molecule has 0 amide bonds. The van der Waals surface area contributed by atoms with Crippen LogP contribution >= 0.6 is 0 Å². The van der Waals surface area contributed by atoms with Crippen molar-refractivity contribution in [1.29, 1.82) is 0 Å². The maximum absolute atomic E-state index is 10.5. The Hall–Kier alpha value is -2.23. The average molecular weight is 316 g/mol. The number of hydrogen-bond acceptors (Lipinski definition) is 3. The van der Waals surface area contributed by atoms with Crippen LogP contribution in [0.2, 0.25) is 0 Å². The van der Waals surface area contributed by atoms with Gasteiger partial charge in [-0.15, -0.1) is 0 Å². The van der Waals surface area contributed by atoms with Gasteiger partial charge in [-0.25, -0.2) is 0 Å². The van der Waals surface area contributed by atoms with Gasteiger partial charge in [0.15, 0.2) is 0 Å². The zero-order valence-corrected chi connectivity index (χ0v) is 13.6. The molecule has 0 saturated carbocycles. The summed E-state index contributed by atoms with van der Waals surface area (Å²) < 4.78 is 11.6. The van der Waals surface area contributed by atoms with E-state index in [4.69, 9.17) is 14.3 Å². The predicted molar refractivity (Wildman–Crippen MR) is 89.0 cm³/mol. The molecule has 0 spiro atoms. The van der Waals surface area contributed by atoms with Crippen molar-refractivity contribution < 1.29 is 19.1 Å². The summed E-state index contributed by atoms with van der Waals surface area (Å²) in [4.78, 5) is 10.5. The molecule has 0 aromatic carbocycles. The Morgan fingerprint density at radius 1 is 1.35 bits per heavy atom. The minimum Gasteiger partial charge on any atom is -0.486 e. The molecule has 124 valence electrons. The van der Waals surface area contributed by atoms with Gasteiger partial charge in [-0.2, -0.15) is 0 Å². The zero-order valence-electron chi connectivity index (χ0n) is 13.6. The summed E-state index contributed by atoms with van der Waals surface area (Å²) in [5, 5.41) is 8.65. The molecule has 1 aromatic rings. The van der Waals surface area contributed by atoms with Gasteiger partial charge in [0, 0.05) is 12.8 Å². The Morgan fingerprint density at radius 2 is 2.13 bits per heavy atom. The van der Waals surface area contributed by atoms with E-state index in [1.54, 1.807) is 6.08 Å². The smallest absolute Gasteiger partial charge is 0.303 e. The lowest BCUT2D eigenvalue weighted by Gasteiger charge is -2.07. The number of aliphatic carboxylic acids is 1. The van der Waals surface area contributed by atoms with Gasteiger partial charge in [-0.05, 0) is 56.4 Å². The van der Waals surface area contributed by atoms with Gasteiger partial charge < -0.3 is 14.3 Å². The van der Waals surface area contributed by atoms with E-state index in [0.29, 0.717) is 13.0 Å². The molecule has 4 nitrogen and oxygen atoms in total. The van der Waals surface area contributed by atoms with Gasteiger partial charge in [0.1, 0.15) is 23.9 Å². The van der Waals surface area contributed by atoms with Crippen LogP contribution in [0.3, 0.4) is 0 Å². The second-order valence-corrected chi connectivity index (χ2v) is 5.73. The van der Waals surface area contributed by atoms with Crippen molar-refractivity contribution >= 4 is 5.97 Å². The summed E-state index contributed by atoms with van der Waals surface area (Å²) in [7, 11) is 0. The fourth-order valence-corrected chi connectivity index (χ4v) is 2.56. The van der Waals surface area contributed by atoms with E-state index in [0.717, 1.165) is 35.7 Å². The fourth-order valence-electron chi connectivity index (χ4n) is 2.56. The zero-order chi connectivity index (χ0) is 16.7. The number of carbonyl (C=O) groups is 1. The molecule has 4 heteroatoms. The van der Waals surface area contributed by atoms with Crippen LogP contribution in [0.5, 0.6) is 0 Å². The van der Waals surface area contributed by atoms with Crippen LogP contribution in [-0.4, -0.2) is 11.1 Å². The third kappa shape index (κ3) is 5.47. The number of allylic oxidation sites excluding steroid dienone is 4. The number of fused-ring (bicyclic) bond motifs is 1. The molecular formula is C19H24O4. The summed E-state index contributed by atoms with van der Waals surface area (Å²) >= 11 is 0. The van der Waals surface area contributed by atoms with Crippen LogP contribution in [0, 0.1) is 0 Å². The number of rotatable bonds is 8. The van der Waals surface area contributed by atoms with E-state index in [9.17, 15) is 4.79 Å². The Balaban J connectivity index is 1.84. The molecule has 0 aliphatic heterocycles. The summed E-state index contributed by atoms with van der Waals surface area (Å²) in [5.41, 5.74) is 2.08. The first-order valence-electron chi connectivity index (χ1n) is 8.05. The molecule has 0 unspecified atom stereocenters. The second-order valence-electron chi connectivity index (χ2n) is 5.73. The van der Waals surface area contributed by atoms with E-state index in [1.165, 1.54) is 18.4 Å². The lowest BCUT2D eigenvalue weighted by molar-refractivity contribution is -0.136. The standard InChI is InChI=1S/C19H24O4/c1-3-16(10-8-14(2)9-11-19(20)21)22-13-17-12-15-6-4-5-7-18(15)23-17/h3,8,10,12H,2,4-7,9,11,13H2,1H3,(H,20,21)/b10-8-,16-3+. The highest BCUT2D eigenvalue weighted by Crippen LogP contribution is 2.25. The topological polar surface area (TPSA) is 59.7 Å². The quantitative estimate of drug-likeness (QED) is 0.564. The average Bonchev–Trinajstić information content (AvgIpc) is 2.95. The van der Waals surface area contributed by atoms with E-state index < -0.39 is 5.97 Å². The van der Waals surface area contributed by atoms with E-state index in [1.807, 2.05) is 19.1 Å². The fraction of sp³-hybridized carbons (Fsp3) is 0.421. The van der Waals surface area contributed by atoms with Crippen molar-refractivity contribution in [3.05, 3.63) is 59.3 Å². The Morgan fingerprint density at radius 3 is 2.83 bits per heavy atom. The molecule has 0 saturated heterocycles. The normalized spacial score (nSPS) is 14.7. The summed E-state index contributed by atoms with van der Waals surface area (Å²) in [6.45, 7) is 6.14. The van der Waals surface area contributed by atoms with Gasteiger partial charge in [-0.3, -0.25) is 4.79 Å². The Bertz CT molecular complexity index is 596. The first-order valence-corrected chi connectivity index (χ1v) is 8.05. The molecule has 2 rings (SSSR count). The number of furan rings is 1. The number of aryl methyl sites for hydroxylation is 2. The van der Waals surface area contributed by atoms with E-state index in [2.05, 4.69) is 12.6 Å². The number of carboxylic acid groups (broad SMARTS) is 1. The third-order valence-corrected chi connectivity index (χ3v) is 3.86. The monoisotopic (exact) mass is 316 g/mol. The molecular weight excluding hydrogens is 292 g/mol. The van der Waals surface area contributed by atoms with Crippen molar-refractivity contribution in [3.63, 3.8) is 0 Å².